The monoisotopic (exact) mass is 221 g/mol. The minimum atomic E-state index is -0.327. The minimum absolute atomic E-state index is 0.0498. The third kappa shape index (κ3) is 3.00. The molecule has 0 unspecified atom stereocenters. The molecule has 0 atom stereocenters. The van der Waals surface area contributed by atoms with Crippen molar-refractivity contribution >= 4 is 22.5 Å². The van der Waals surface area contributed by atoms with Crippen LogP contribution in [-0.4, -0.2) is 21.2 Å². The second-order valence-corrected chi connectivity index (χ2v) is 3.44. The van der Waals surface area contributed by atoms with Crippen LogP contribution in [0, 0.1) is 11.3 Å². The van der Waals surface area contributed by atoms with Crippen molar-refractivity contribution in [3.05, 3.63) is 30.3 Å². The Morgan fingerprint density at radius 2 is 1.87 bits per heavy atom. The molecule has 5 nitrogen and oxygen atoms in total. The maximum atomic E-state index is 8.64. The summed E-state index contributed by atoms with van der Waals surface area (Å²) in [6.07, 6.45) is 0. The molecule has 0 aliphatic heterocycles. The number of hydrogen-bond donors (Lipinski definition) is 2. The van der Waals surface area contributed by atoms with Crippen LogP contribution in [0.1, 0.15) is 0 Å². The fourth-order valence-corrected chi connectivity index (χ4v) is 1.57. The lowest BCUT2D eigenvalue weighted by atomic mass is 10.4. The first kappa shape index (κ1) is 11.1. The average Bonchev–Trinajstić information content (AvgIpc) is 2.30. The van der Waals surface area contributed by atoms with Crippen LogP contribution in [0.25, 0.3) is 0 Å². The molecular formula is C9H7N3O2S. The van der Waals surface area contributed by atoms with E-state index in [4.69, 9.17) is 15.7 Å². The molecule has 0 radical (unpaired) electrons. The Morgan fingerprint density at radius 3 is 2.33 bits per heavy atom. The molecule has 0 aromatic heterocycles. The second kappa shape index (κ2) is 5.67. The molecule has 0 bridgehead atoms. The van der Waals surface area contributed by atoms with Crippen molar-refractivity contribution in [1.82, 2.24) is 0 Å². The SMILES string of the molecule is N#CC(=NO)C(=NO)Sc1ccccc1. The van der Waals surface area contributed by atoms with Crippen LogP contribution in [0.15, 0.2) is 45.5 Å². The summed E-state index contributed by atoms with van der Waals surface area (Å²) in [5.74, 6) is 0. The summed E-state index contributed by atoms with van der Waals surface area (Å²) in [6.45, 7) is 0. The standard InChI is InChI=1S/C9H7N3O2S/c10-6-8(11-13)9(12-14)15-7-4-2-1-3-5-7/h1-5,13-14H. The fourth-order valence-electron chi connectivity index (χ4n) is 0.829. The van der Waals surface area contributed by atoms with Gasteiger partial charge < -0.3 is 10.4 Å². The Labute approximate surface area is 90.3 Å². The van der Waals surface area contributed by atoms with Crippen molar-refractivity contribution in [1.29, 1.82) is 5.26 Å². The van der Waals surface area contributed by atoms with Crippen LogP contribution in [0.2, 0.25) is 0 Å². The van der Waals surface area contributed by atoms with E-state index < -0.39 is 0 Å². The topological polar surface area (TPSA) is 89.0 Å². The predicted octanol–water partition coefficient (Wildman–Crippen LogP) is 1.92. The highest BCUT2D eigenvalue weighted by atomic mass is 32.2. The van der Waals surface area contributed by atoms with E-state index in [2.05, 4.69) is 10.3 Å². The van der Waals surface area contributed by atoms with Gasteiger partial charge in [-0.2, -0.15) is 5.26 Å². The molecular weight excluding hydrogens is 214 g/mol. The lowest BCUT2D eigenvalue weighted by molar-refractivity contribution is 0.316. The first-order valence-electron chi connectivity index (χ1n) is 3.89. The van der Waals surface area contributed by atoms with Crippen LogP contribution in [-0.2, 0) is 0 Å². The summed E-state index contributed by atoms with van der Waals surface area (Å²) < 4.78 is 0. The zero-order chi connectivity index (χ0) is 11.1. The number of hydrogen-bond acceptors (Lipinski definition) is 6. The summed E-state index contributed by atoms with van der Waals surface area (Å²) >= 11 is 1.03. The van der Waals surface area contributed by atoms with Gasteiger partial charge in [0.25, 0.3) is 0 Å². The Bertz CT molecular complexity index is 423. The van der Waals surface area contributed by atoms with Gasteiger partial charge in [0.15, 0.2) is 5.04 Å². The molecule has 0 fully saturated rings. The lowest BCUT2D eigenvalue weighted by Crippen LogP contribution is -2.07. The highest BCUT2D eigenvalue weighted by Crippen LogP contribution is 2.19. The van der Waals surface area contributed by atoms with E-state index in [-0.39, 0.29) is 10.8 Å². The number of nitriles is 1. The third-order valence-corrected chi connectivity index (χ3v) is 2.43. The number of oxime groups is 2. The molecule has 0 saturated heterocycles. The molecule has 1 aromatic carbocycles. The van der Waals surface area contributed by atoms with Gasteiger partial charge in [0, 0.05) is 4.90 Å². The van der Waals surface area contributed by atoms with E-state index in [9.17, 15) is 0 Å². The number of benzene rings is 1. The molecule has 0 aliphatic rings. The molecule has 6 heteroatoms. The highest BCUT2D eigenvalue weighted by Gasteiger charge is 2.11. The van der Waals surface area contributed by atoms with Crippen molar-refractivity contribution in [2.45, 2.75) is 4.90 Å². The molecule has 0 amide bonds. The largest absolute Gasteiger partial charge is 0.410 e. The third-order valence-electron chi connectivity index (χ3n) is 1.46. The van der Waals surface area contributed by atoms with Gasteiger partial charge in [0.2, 0.25) is 5.71 Å². The predicted molar refractivity (Wildman–Crippen MR) is 56.4 cm³/mol. The van der Waals surface area contributed by atoms with Gasteiger partial charge in [-0.15, -0.1) is 0 Å². The Morgan fingerprint density at radius 1 is 1.20 bits per heavy atom. The molecule has 0 aliphatic carbocycles. The van der Waals surface area contributed by atoms with Gasteiger partial charge in [0.05, 0.1) is 0 Å². The smallest absolute Gasteiger partial charge is 0.215 e. The Balaban J connectivity index is 2.86. The average molecular weight is 221 g/mol. The van der Waals surface area contributed by atoms with Crippen molar-refractivity contribution in [2.75, 3.05) is 0 Å². The second-order valence-electron chi connectivity index (χ2n) is 2.38. The van der Waals surface area contributed by atoms with Crippen molar-refractivity contribution in [2.24, 2.45) is 10.3 Å². The molecule has 1 aromatic rings. The minimum Gasteiger partial charge on any atom is -0.410 e. The number of nitrogens with zero attached hydrogens (tertiary/aromatic N) is 3. The van der Waals surface area contributed by atoms with Crippen molar-refractivity contribution in [3.63, 3.8) is 0 Å². The van der Waals surface area contributed by atoms with Crippen molar-refractivity contribution in [3.8, 4) is 6.07 Å². The van der Waals surface area contributed by atoms with Gasteiger partial charge in [-0.3, -0.25) is 0 Å². The molecule has 2 N–H and O–H groups in total. The maximum absolute atomic E-state index is 8.64. The first-order valence-corrected chi connectivity index (χ1v) is 4.71. The van der Waals surface area contributed by atoms with E-state index in [0.717, 1.165) is 16.7 Å². The van der Waals surface area contributed by atoms with Gasteiger partial charge in [-0.05, 0) is 12.1 Å². The maximum Gasteiger partial charge on any atom is 0.215 e. The summed E-state index contributed by atoms with van der Waals surface area (Å²) in [5, 5.41) is 31.2. The summed E-state index contributed by atoms with van der Waals surface area (Å²) in [5.41, 5.74) is -0.327. The zero-order valence-corrected chi connectivity index (χ0v) is 8.35. The summed E-state index contributed by atoms with van der Waals surface area (Å²) in [7, 11) is 0. The quantitative estimate of drug-likeness (QED) is 0.262. The first-order chi connectivity index (χ1) is 7.31. The molecule has 76 valence electrons. The van der Waals surface area contributed by atoms with E-state index in [1.54, 1.807) is 30.3 Å². The Kier molecular flexibility index (Phi) is 4.19. The normalized spacial score (nSPS) is 12.2. The molecule has 0 saturated carbocycles. The van der Waals surface area contributed by atoms with Crippen molar-refractivity contribution < 1.29 is 10.4 Å². The van der Waals surface area contributed by atoms with Crippen LogP contribution in [0.3, 0.4) is 0 Å². The van der Waals surface area contributed by atoms with Crippen LogP contribution >= 0.6 is 11.8 Å². The van der Waals surface area contributed by atoms with Gasteiger partial charge in [-0.25, -0.2) is 0 Å². The molecule has 1 rings (SSSR count). The Hall–Kier alpha value is -2.00. The molecule has 15 heavy (non-hydrogen) atoms. The van der Waals surface area contributed by atoms with Gasteiger partial charge in [0.1, 0.15) is 6.07 Å². The molecule has 0 heterocycles. The van der Waals surface area contributed by atoms with Gasteiger partial charge >= 0.3 is 0 Å². The van der Waals surface area contributed by atoms with E-state index in [1.807, 2.05) is 6.07 Å². The number of thioether (sulfide) groups is 1. The van der Waals surface area contributed by atoms with Crippen LogP contribution < -0.4 is 0 Å². The number of rotatable bonds is 2. The van der Waals surface area contributed by atoms with Gasteiger partial charge in [-0.1, -0.05) is 40.3 Å². The van der Waals surface area contributed by atoms with E-state index >= 15 is 0 Å². The summed E-state index contributed by atoms with van der Waals surface area (Å²) in [6, 6.07) is 10.6. The lowest BCUT2D eigenvalue weighted by Gasteiger charge is -1.99. The molecule has 0 spiro atoms. The fraction of sp³-hybridized carbons (Fsp3) is 0. The van der Waals surface area contributed by atoms with Crippen LogP contribution in [0.5, 0.6) is 0 Å². The zero-order valence-electron chi connectivity index (χ0n) is 7.53. The van der Waals surface area contributed by atoms with E-state index in [1.165, 1.54) is 0 Å². The highest BCUT2D eigenvalue weighted by molar-refractivity contribution is 8.15. The van der Waals surface area contributed by atoms with Crippen LogP contribution in [0.4, 0.5) is 0 Å². The van der Waals surface area contributed by atoms with E-state index in [0.29, 0.717) is 0 Å². The summed E-state index contributed by atoms with van der Waals surface area (Å²) in [4.78, 5) is 0.779.